The number of amides is 1. The third-order valence-electron chi connectivity index (χ3n) is 5.00. The van der Waals surface area contributed by atoms with Crippen LogP contribution < -0.4 is 0 Å². The molecular weight excluding hydrogens is 398 g/mol. The molecule has 1 fully saturated rings. The van der Waals surface area contributed by atoms with Gasteiger partial charge in [-0.15, -0.1) is 11.3 Å². The summed E-state index contributed by atoms with van der Waals surface area (Å²) in [5, 5.41) is 5.16. The van der Waals surface area contributed by atoms with Crippen molar-refractivity contribution in [1.29, 1.82) is 0 Å². The molecule has 10 heteroatoms. The molecule has 5 heterocycles. The van der Waals surface area contributed by atoms with E-state index in [1.165, 1.54) is 16.2 Å². The molecule has 1 saturated heterocycles. The Labute approximate surface area is 168 Å². The smallest absolute Gasteiger partial charge is 0.264 e. The second kappa shape index (κ2) is 6.51. The number of aromatic nitrogens is 5. The number of fused-ring (bicyclic) bond motifs is 2. The largest absolute Gasteiger partial charge is 0.337 e. The van der Waals surface area contributed by atoms with Gasteiger partial charge in [0.2, 0.25) is 0 Å². The summed E-state index contributed by atoms with van der Waals surface area (Å²) < 4.78 is 28.4. The van der Waals surface area contributed by atoms with Crippen LogP contribution in [0.25, 0.3) is 32.6 Å². The summed E-state index contributed by atoms with van der Waals surface area (Å²) >= 11 is 1.23. The number of hydrogen-bond donors (Lipinski definition) is 0. The number of hydrogen-bond acceptors (Lipinski definition) is 6. The molecule has 0 unspecified atom stereocenters. The molecule has 29 heavy (non-hydrogen) atoms. The van der Waals surface area contributed by atoms with Crippen LogP contribution in [0, 0.1) is 0 Å². The number of pyridine rings is 1. The molecule has 148 valence electrons. The standard InChI is InChI=1S/C19H16F2N6OS/c1-26-10-12-6-11(8-23-16(12)25-26)14-9-22-13-7-15(29-17(13)24-14)18(28)27-4-2-19(20,21)3-5-27/h6-10H,2-5H2,1H3. The molecule has 0 spiro atoms. The summed E-state index contributed by atoms with van der Waals surface area (Å²) in [6, 6.07) is 3.62. The Hall–Kier alpha value is -3.01. The fourth-order valence-electron chi connectivity index (χ4n) is 3.42. The van der Waals surface area contributed by atoms with E-state index < -0.39 is 5.92 Å². The minimum Gasteiger partial charge on any atom is -0.337 e. The zero-order valence-electron chi connectivity index (χ0n) is 15.5. The van der Waals surface area contributed by atoms with Gasteiger partial charge in [-0.25, -0.2) is 18.7 Å². The van der Waals surface area contributed by atoms with Crippen molar-refractivity contribution in [2.24, 2.45) is 7.05 Å². The maximum atomic E-state index is 13.3. The average Bonchev–Trinajstić information content (AvgIpc) is 3.28. The van der Waals surface area contributed by atoms with Gasteiger partial charge < -0.3 is 4.90 Å². The first-order valence-corrected chi connectivity index (χ1v) is 9.93. The zero-order valence-corrected chi connectivity index (χ0v) is 16.3. The van der Waals surface area contributed by atoms with E-state index in [9.17, 15) is 13.6 Å². The number of piperidine rings is 1. The first-order chi connectivity index (χ1) is 13.9. The number of carbonyl (C=O) groups excluding carboxylic acids is 1. The summed E-state index contributed by atoms with van der Waals surface area (Å²) in [6.07, 6.45) is 4.62. The van der Waals surface area contributed by atoms with Crippen LogP contribution >= 0.6 is 11.3 Å². The van der Waals surface area contributed by atoms with Crippen LogP contribution in [-0.2, 0) is 7.05 Å². The normalized spacial score (nSPS) is 16.6. The highest BCUT2D eigenvalue weighted by Gasteiger charge is 2.36. The predicted molar refractivity (Wildman–Crippen MR) is 105 cm³/mol. The fourth-order valence-corrected chi connectivity index (χ4v) is 4.38. The van der Waals surface area contributed by atoms with Gasteiger partial charge in [0.15, 0.2) is 5.65 Å². The van der Waals surface area contributed by atoms with Crippen molar-refractivity contribution in [2.45, 2.75) is 18.8 Å². The maximum Gasteiger partial charge on any atom is 0.264 e. The van der Waals surface area contributed by atoms with Gasteiger partial charge in [-0.05, 0) is 12.1 Å². The SMILES string of the molecule is Cn1cc2cc(-c3cnc4cc(C(=O)N5CCC(F)(F)CC5)sc4n3)cnc2n1. The van der Waals surface area contributed by atoms with E-state index in [0.29, 0.717) is 26.6 Å². The van der Waals surface area contributed by atoms with Crippen LogP contribution in [0.2, 0.25) is 0 Å². The van der Waals surface area contributed by atoms with Crippen LogP contribution in [0.1, 0.15) is 22.5 Å². The number of likely N-dealkylation sites (tertiary alicyclic amines) is 1. The predicted octanol–water partition coefficient (Wildman–Crippen LogP) is 3.51. The lowest BCUT2D eigenvalue weighted by Gasteiger charge is -2.31. The molecule has 4 aromatic heterocycles. The molecule has 0 saturated carbocycles. The second-order valence-electron chi connectivity index (χ2n) is 7.14. The van der Waals surface area contributed by atoms with Gasteiger partial charge in [-0.1, -0.05) is 0 Å². The van der Waals surface area contributed by atoms with Crippen molar-refractivity contribution in [3.63, 3.8) is 0 Å². The van der Waals surface area contributed by atoms with Gasteiger partial charge >= 0.3 is 0 Å². The lowest BCUT2D eigenvalue weighted by Crippen LogP contribution is -2.42. The minimum absolute atomic E-state index is 0.0585. The summed E-state index contributed by atoms with van der Waals surface area (Å²) in [4.78, 5) is 28.7. The molecule has 0 radical (unpaired) electrons. The summed E-state index contributed by atoms with van der Waals surface area (Å²) in [5.74, 6) is -2.93. The second-order valence-corrected chi connectivity index (χ2v) is 8.17. The summed E-state index contributed by atoms with van der Waals surface area (Å²) in [5.41, 5.74) is 2.72. The molecule has 0 N–H and O–H groups in total. The highest BCUT2D eigenvalue weighted by Crippen LogP contribution is 2.31. The first-order valence-electron chi connectivity index (χ1n) is 9.11. The Balaban J connectivity index is 1.44. The van der Waals surface area contributed by atoms with Crippen LogP contribution in [0.5, 0.6) is 0 Å². The Morgan fingerprint density at radius 1 is 1.17 bits per heavy atom. The monoisotopic (exact) mass is 414 g/mol. The highest BCUT2D eigenvalue weighted by molar-refractivity contribution is 7.20. The molecule has 0 aromatic carbocycles. The molecule has 1 aliphatic rings. The van der Waals surface area contributed by atoms with Crippen molar-refractivity contribution in [1.82, 2.24) is 29.6 Å². The molecule has 0 atom stereocenters. The summed E-state index contributed by atoms with van der Waals surface area (Å²) in [6.45, 7) is 0.117. The average molecular weight is 414 g/mol. The number of carbonyl (C=O) groups is 1. The Morgan fingerprint density at radius 2 is 1.97 bits per heavy atom. The van der Waals surface area contributed by atoms with E-state index in [2.05, 4.69) is 20.1 Å². The van der Waals surface area contributed by atoms with Gasteiger partial charge in [0.05, 0.1) is 16.8 Å². The van der Waals surface area contributed by atoms with Gasteiger partial charge in [0.25, 0.3) is 11.8 Å². The minimum atomic E-state index is -2.68. The van der Waals surface area contributed by atoms with Gasteiger partial charge in [-0.3, -0.25) is 14.5 Å². The first kappa shape index (κ1) is 18.0. The number of thiophene rings is 1. The molecule has 5 rings (SSSR count). The third-order valence-corrected chi connectivity index (χ3v) is 6.01. The lowest BCUT2D eigenvalue weighted by molar-refractivity contribution is -0.0493. The number of alkyl halides is 2. The molecule has 0 aliphatic carbocycles. The number of halogens is 2. The van der Waals surface area contributed by atoms with Gasteiger partial charge in [0.1, 0.15) is 10.3 Å². The quantitative estimate of drug-likeness (QED) is 0.502. The van der Waals surface area contributed by atoms with E-state index in [4.69, 9.17) is 0 Å². The molecule has 1 amide bonds. The van der Waals surface area contributed by atoms with Crippen LogP contribution in [0.3, 0.4) is 0 Å². The molecule has 7 nitrogen and oxygen atoms in total. The highest BCUT2D eigenvalue weighted by atomic mass is 32.1. The van der Waals surface area contributed by atoms with Gasteiger partial charge in [0, 0.05) is 56.3 Å². The van der Waals surface area contributed by atoms with Crippen LogP contribution in [0.4, 0.5) is 8.78 Å². The molecule has 4 aromatic rings. The van der Waals surface area contributed by atoms with Crippen molar-refractivity contribution < 1.29 is 13.6 Å². The van der Waals surface area contributed by atoms with Crippen LogP contribution in [-0.4, -0.2) is 54.6 Å². The van der Waals surface area contributed by atoms with E-state index in [0.717, 1.165) is 10.9 Å². The van der Waals surface area contributed by atoms with E-state index in [-0.39, 0.29) is 31.8 Å². The van der Waals surface area contributed by atoms with Crippen molar-refractivity contribution in [3.8, 4) is 11.3 Å². The molecule has 0 bridgehead atoms. The zero-order chi connectivity index (χ0) is 20.2. The van der Waals surface area contributed by atoms with E-state index in [1.807, 2.05) is 19.3 Å². The summed E-state index contributed by atoms with van der Waals surface area (Å²) in [7, 11) is 1.83. The van der Waals surface area contributed by atoms with Crippen molar-refractivity contribution in [2.75, 3.05) is 13.1 Å². The van der Waals surface area contributed by atoms with Crippen molar-refractivity contribution in [3.05, 3.63) is 35.6 Å². The maximum absolute atomic E-state index is 13.3. The van der Waals surface area contributed by atoms with Crippen molar-refractivity contribution >= 4 is 38.6 Å². The lowest BCUT2D eigenvalue weighted by atomic mass is 10.1. The Kier molecular flexibility index (Phi) is 4.05. The molecular formula is C19H16F2N6OS. The van der Waals surface area contributed by atoms with E-state index in [1.54, 1.807) is 23.1 Å². The number of rotatable bonds is 2. The Bertz CT molecular complexity index is 1240. The van der Waals surface area contributed by atoms with E-state index >= 15 is 0 Å². The topological polar surface area (TPSA) is 76.8 Å². The van der Waals surface area contributed by atoms with Gasteiger partial charge in [-0.2, -0.15) is 5.10 Å². The third kappa shape index (κ3) is 3.33. The number of aryl methyl sites for hydroxylation is 1. The number of nitrogens with zero attached hydrogens (tertiary/aromatic N) is 6. The Morgan fingerprint density at radius 3 is 2.76 bits per heavy atom. The fraction of sp³-hybridized carbons (Fsp3) is 0.316. The molecule has 1 aliphatic heterocycles. The van der Waals surface area contributed by atoms with Crippen LogP contribution in [0.15, 0.2) is 30.7 Å².